The molecule has 17 heteroatoms. The number of amides is 4. The number of carbonyl (C=O) groups excluding carboxylic acids is 4. The molecule has 4 N–H and O–H groups in total. The molecule has 4 rings (SSSR count). The highest BCUT2D eigenvalue weighted by Crippen LogP contribution is 2.24. The van der Waals surface area contributed by atoms with Gasteiger partial charge in [-0.15, -0.1) is 0 Å². The first-order valence-electron chi connectivity index (χ1n) is 15.8. The van der Waals surface area contributed by atoms with Crippen LogP contribution >= 0.6 is 0 Å². The van der Waals surface area contributed by atoms with Gasteiger partial charge in [0.2, 0.25) is 33.7 Å². The summed E-state index contributed by atoms with van der Waals surface area (Å²) in [5, 5.41) is 19.2. The Morgan fingerprint density at radius 3 is 2.29 bits per heavy atom. The van der Waals surface area contributed by atoms with Gasteiger partial charge in [0.15, 0.2) is 11.6 Å². The number of hydrogen-bond acceptors (Lipinski definition) is 10. The van der Waals surface area contributed by atoms with E-state index in [0.29, 0.717) is 23.6 Å². The second-order valence-electron chi connectivity index (χ2n) is 12.2. The topological polar surface area (TPSA) is 211 Å². The summed E-state index contributed by atoms with van der Waals surface area (Å²) in [4.78, 5) is 57.5. The minimum absolute atomic E-state index is 0.0167. The van der Waals surface area contributed by atoms with E-state index in [9.17, 15) is 27.6 Å². The average molecular weight is 686 g/mol. The molecule has 0 radical (unpaired) electrons. The maximum Gasteiger partial charge on any atom is 0.248 e. The van der Waals surface area contributed by atoms with E-state index in [2.05, 4.69) is 36.5 Å². The van der Waals surface area contributed by atoms with Gasteiger partial charge in [0.25, 0.3) is 0 Å². The predicted octanol–water partition coefficient (Wildman–Crippen LogP) is 0.974. The Kier molecular flexibility index (Phi) is 11.7. The molecular formula is C31H43N9O7S. The van der Waals surface area contributed by atoms with Crippen LogP contribution in [0.3, 0.4) is 0 Å². The molecule has 3 atom stereocenters. The van der Waals surface area contributed by atoms with E-state index in [1.165, 1.54) is 25.5 Å². The van der Waals surface area contributed by atoms with Gasteiger partial charge in [-0.3, -0.25) is 19.2 Å². The number of benzene rings is 1. The second kappa shape index (κ2) is 15.5. The molecule has 0 fully saturated rings. The van der Waals surface area contributed by atoms with Gasteiger partial charge in [-0.1, -0.05) is 49.3 Å². The first-order valence-corrected chi connectivity index (χ1v) is 17.2. The fraction of sp³-hybridized carbons (Fsp3) is 0.516. The lowest BCUT2D eigenvalue weighted by Gasteiger charge is -2.25. The van der Waals surface area contributed by atoms with Crippen LogP contribution in [0.25, 0.3) is 11.4 Å². The van der Waals surface area contributed by atoms with Gasteiger partial charge in [0.05, 0.1) is 12.6 Å². The first-order chi connectivity index (χ1) is 22.7. The van der Waals surface area contributed by atoms with Crippen LogP contribution in [0.15, 0.2) is 39.8 Å². The van der Waals surface area contributed by atoms with Gasteiger partial charge in [-0.2, -0.15) is 9.40 Å². The third kappa shape index (κ3) is 8.83. The Balaban J connectivity index is 1.67. The van der Waals surface area contributed by atoms with E-state index < -0.39 is 58.3 Å². The summed E-state index contributed by atoms with van der Waals surface area (Å²) < 4.78 is 34.8. The molecular weight excluding hydrogens is 642 g/mol. The van der Waals surface area contributed by atoms with Crippen molar-refractivity contribution in [2.24, 2.45) is 5.92 Å². The number of nitrogens with one attached hydrogen (secondary N) is 4. The maximum atomic E-state index is 13.7. The van der Waals surface area contributed by atoms with Gasteiger partial charge < -0.3 is 25.8 Å². The first kappa shape index (κ1) is 36.2. The summed E-state index contributed by atoms with van der Waals surface area (Å²) >= 11 is 0. The standard InChI is InChI=1S/C31H43N9O7S/c1-18(2)15-24-31(44)34-20(4)29-36-28(23-11-8-7-9-12-23)37-40(29)17-25(41)32-13-10-14-39(16-26(42)33-21(5)30(43)35-24)48(45,46)27-19(3)38-47-22(27)6/h7-9,11-12,18,20-21,24H,10,13-17H2,1-6H3,(H,32,41)(H,33,42)(H,34,44)(H,35,43)/t20-,21+,24+/m0/s1. The summed E-state index contributed by atoms with van der Waals surface area (Å²) in [6.07, 6.45) is 0.444. The number of nitrogens with zero attached hydrogens (tertiary/aromatic N) is 5. The van der Waals surface area contributed by atoms with Crippen LogP contribution in [-0.2, 0) is 35.7 Å². The van der Waals surface area contributed by atoms with E-state index in [4.69, 9.17) is 4.52 Å². The maximum absolute atomic E-state index is 13.7. The van der Waals surface area contributed by atoms with Gasteiger partial charge in [0, 0.05) is 18.7 Å². The van der Waals surface area contributed by atoms with Crippen molar-refractivity contribution in [3.63, 3.8) is 0 Å². The van der Waals surface area contributed by atoms with E-state index in [0.717, 1.165) is 4.31 Å². The lowest BCUT2D eigenvalue weighted by molar-refractivity contribution is -0.132. The lowest BCUT2D eigenvalue weighted by Crippen LogP contribution is -2.54. The lowest BCUT2D eigenvalue weighted by atomic mass is 10.0. The molecule has 0 saturated heterocycles. The van der Waals surface area contributed by atoms with Crippen molar-refractivity contribution in [1.29, 1.82) is 0 Å². The molecule has 1 aliphatic heterocycles. The van der Waals surface area contributed by atoms with Crippen molar-refractivity contribution in [3.8, 4) is 11.4 Å². The normalized spacial score (nSPS) is 21.3. The molecule has 3 aromatic rings. The van der Waals surface area contributed by atoms with Crippen molar-refractivity contribution >= 4 is 33.7 Å². The molecule has 0 unspecified atom stereocenters. The van der Waals surface area contributed by atoms with E-state index >= 15 is 0 Å². The van der Waals surface area contributed by atoms with E-state index in [1.54, 1.807) is 6.92 Å². The molecule has 0 aliphatic carbocycles. The highest BCUT2D eigenvalue weighted by Gasteiger charge is 2.33. The minimum Gasteiger partial charge on any atom is -0.360 e. The molecule has 260 valence electrons. The average Bonchev–Trinajstić information content (AvgIpc) is 3.60. The number of rotatable bonds is 5. The zero-order valence-electron chi connectivity index (χ0n) is 27.9. The summed E-state index contributed by atoms with van der Waals surface area (Å²) in [6, 6.07) is 6.41. The number of hydrogen-bond donors (Lipinski definition) is 4. The third-order valence-corrected chi connectivity index (χ3v) is 9.77. The zero-order valence-corrected chi connectivity index (χ0v) is 28.8. The summed E-state index contributed by atoms with van der Waals surface area (Å²) in [5.74, 6) is -1.51. The van der Waals surface area contributed by atoms with Crippen molar-refractivity contribution in [3.05, 3.63) is 47.6 Å². The summed E-state index contributed by atoms with van der Waals surface area (Å²) in [5.41, 5.74) is 0.846. The van der Waals surface area contributed by atoms with Gasteiger partial charge in [-0.05, 0) is 46.5 Å². The molecule has 3 heterocycles. The Labute approximate surface area is 279 Å². The van der Waals surface area contributed by atoms with Crippen LogP contribution < -0.4 is 21.3 Å². The van der Waals surface area contributed by atoms with E-state index in [1.807, 2.05) is 44.2 Å². The van der Waals surface area contributed by atoms with Crippen molar-refractivity contribution in [2.45, 2.75) is 83.9 Å². The number of aryl methyl sites for hydroxylation is 2. The van der Waals surface area contributed by atoms with Crippen molar-refractivity contribution < 1.29 is 32.1 Å². The SMILES string of the molecule is Cc1noc(C)c1S(=O)(=O)N1CCCNC(=O)Cn2nc(-c3ccccc3)nc2[C@H](C)NC(=O)[C@@H](CC(C)C)NC(=O)[C@@H](C)NC(=O)C1. The van der Waals surface area contributed by atoms with Crippen LogP contribution in [0.4, 0.5) is 0 Å². The van der Waals surface area contributed by atoms with Crippen LogP contribution in [-0.4, -0.2) is 88.0 Å². The fourth-order valence-corrected chi connectivity index (χ4v) is 7.05. The molecule has 1 aromatic carbocycles. The van der Waals surface area contributed by atoms with Gasteiger partial charge in [0.1, 0.15) is 35.0 Å². The second-order valence-corrected chi connectivity index (χ2v) is 14.1. The zero-order chi connectivity index (χ0) is 35.2. The predicted molar refractivity (Wildman–Crippen MR) is 173 cm³/mol. The Hall–Kier alpha value is -4.64. The smallest absolute Gasteiger partial charge is 0.248 e. The Morgan fingerprint density at radius 1 is 0.938 bits per heavy atom. The molecule has 4 amide bonds. The fourth-order valence-electron chi connectivity index (χ4n) is 5.32. The van der Waals surface area contributed by atoms with Crippen LogP contribution in [0.1, 0.15) is 63.9 Å². The number of carbonyl (C=O) groups is 4. The molecule has 48 heavy (non-hydrogen) atoms. The Morgan fingerprint density at radius 2 is 1.65 bits per heavy atom. The summed E-state index contributed by atoms with van der Waals surface area (Å²) in [6.45, 7) is 8.97. The molecule has 0 bridgehead atoms. The minimum atomic E-state index is -4.26. The third-order valence-electron chi connectivity index (χ3n) is 7.67. The molecule has 2 aromatic heterocycles. The highest BCUT2D eigenvalue weighted by atomic mass is 32.2. The number of aromatic nitrogens is 4. The van der Waals surface area contributed by atoms with Crippen molar-refractivity contribution in [2.75, 3.05) is 19.6 Å². The van der Waals surface area contributed by atoms with Crippen LogP contribution in [0.2, 0.25) is 0 Å². The van der Waals surface area contributed by atoms with Crippen molar-refractivity contribution in [1.82, 2.24) is 45.5 Å². The van der Waals surface area contributed by atoms with Gasteiger partial charge >= 0.3 is 0 Å². The quantitative estimate of drug-likeness (QED) is 0.299. The van der Waals surface area contributed by atoms with Crippen LogP contribution in [0.5, 0.6) is 0 Å². The monoisotopic (exact) mass is 685 g/mol. The number of fused-ring (bicyclic) bond motifs is 1. The molecule has 0 saturated carbocycles. The largest absolute Gasteiger partial charge is 0.360 e. The van der Waals surface area contributed by atoms with Gasteiger partial charge in [-0.25, -0.2) is 18.1 Å². The molecule has 0 spiro atoms. The Bertz CT molecular complexity index is 1720. The highest BCUT2D eigenvalue weighted by molar-refractivity contribution is 7.89. The number of sulfonamides is 1. The molecule has 16 nitrogen and oxygen atoms in total. The summed E-state index contributed by atoms with van der Waals surface area (Å²) in [7, 11) is -4.26. The van der Waals surface area contributed by atoms with E-state index in [-0.39, 0.29) is 48.3 Å². The van der Waals surface area contributed by atoms with Crippen LogP contribution in [0, 0.1) is 19.8 Å². The molecule has 1 aliphatic rings.